The lowest BCUT2D eigenvalue weighted by Gasteiger charge is -1.95. The van der Waals surface area contributed by atoms with E-state index in [2.05, 4.69) is 0 Å². The summed E-state index contributed by atoms with van der Waals surface area (Å²) in [6.45, 7) is 4.18. The number of aliphatic hydroxyl groups is 1. The van der Waals surface area contributed by atoms with E-state index in [1.54, 1.807) is 0 Å². The van der Waals surface area contributed by atoms with Gasteiger partial charge in [0.2, 0.25) is 0 Å². The fourth-order valence-corrected chi connectivity index (χ4v) is 0.389. The molecule has 7 heavy (non-hydrogen) atoms. The summed E-state index contributed by atoms with van der Waals surface area (Å²) in [6.07, 6.45) is 3.92. The second-order valence-electron chi connectivity index (χ2n) is 1.69. The number of allylic oxidation sites excluding steroid dienone is 1. The van der Waals surface area contributed by atoms with E-state index in [1.807, 2.05) is 26.0 Å². The molecule has 1 nitrogen and oxygen atoms in total. The summed E-state index contributed by atoms with van der Waals surface area (Å²) in [6, 6.07) is 0. The Bertz CT molecular complexity index is 57.2. The van der Waals surface area contributed by atoms with Crippen LogP contribution in [0, 0.1) is 5.92 Å². The second-order valence-corrected chi connectivity index (χ2v) is 1.69. The van der Waals surface area contributed by atoms with Crippen molar-refractivity contribution >= 4 is 0 Å². The number of hydrogen-bond acceptors (Lipinski definition) is 1. The first-order valence-electron chi connectivity index (χ1n) is 2.55. The van der Waals surface area contributed by atoms with Crippen LogP contribution >= 0.6 is 0 Å². The molecule has 0 aliphatic rings. The van der Waals surface area contributed by atoms with Gasteiger partial charge in [-0.2, -0.15) is 0 Å². The molecule has 0 bridgehead atoms. The highest BCUT2D eigenvalue weighted by atomic mass is 16.3. The molecule has 1 N–H and O–H groups in total. The van der Waals surface area contributed by atoms with E-state index in [-0.39, 0.29) is 6.61 Å². The first kappa shape index (κ1) is 6.70. The molecule has 0 fully saturated rings. The van der Waals surface area contributed by atoms with Crippen molar-refractivity contribution < 1.29 is 5.11 Å². The van der Waals surface area contributed by atoms with Crippen LogP contribution in [0.4, 0.5) is 0 Å². The highest BCUT2D eigenvalue weighted by Gasteiger charge is 1.87. The summed E-state index contributed by atoms with van der Waals surface area (Å²) in [7, 11) is 0. The van der Waals surface area contributed by atoms with Gasteiger partial charge in [0.1, 0.15) is 0 Å². The van der Waals surface area contributed by atoms with E-state index >= 15 is 0 Å². The van der Waals surface area contributed by atoms with Gasteiger partial charge in [-0.1, -0.05) is 19.1 Å². The molecule has 0 aromatic heterocycles. The highest BCUT2D eigenvalue weighted by molar-refractivity contribution is 4.81. The molecule has 1 unspecified atom stereocenters. The molecule has 0 aliphatic heterocycles. The van der Waals surface area contributed by atoms with E-state index in [0.717, 1.165) is 0 Å². The number of rotatable bonds is 2. The Morgan fingerprint density at radius 2 is 2.29 bits per heavy atom. The molecule has 1 atom stereocenters. The van der Waals surface area contributed by atoms with Crippen molar-refractivity contribution in [3.8, 4) is 0 Å². The van der Waals surface area contributed by atoms with Gasteiger partial charge in [-0.3, -0.25) is 0 Å². The van der Waals surface area contributed by atoms with Gasteiger partial charge in [-0.25, -0.2) is 0 Å². The predicted molar refractivity (Wildman–Crippen MR) is 31.1 cm³/mol. The minimum absolute atomic E-state index is 0.254. The lowest BCUT2D eigenvalue weighted by Crippen LogP contribution is -1.93. The zero-order valence-electron chi connectivity index (χ0n) is 4.89. The van der Waals surface area contributed by atoms with Crippen LogP contribution < -0.4 is 0 Å². The highest BCUT2D eigenvalue weighted by Crippen LogP contribution is 1.92. The first-order valence-corrected chi connectivity index (χ1v) is 2.55. The van der Waals surface area contributed by atoms with Crippen molar-refractivity contribution in [2.24, 2.45) is 5.92 Å². The molecule has 0 radical (unpaired) electrons. The Balaban J connectivity index is 3.16. The molecule has 0 rings (SSSR count). The van der Waals surface area contributed by atoms with Crippen LogP contribution in [0.15, 0.2) is 12.2 Å². The van der Waals surface area contributed by atoms with Crippen LogP contribution in [0.25, 0.3) is 0 Å². The van der Waals surface area contributed by atoms with Crippen molar-refractivity contribution in [2.75, 3.05) is 6.61 Å². The Kier molecular flexibility index (Phi) is 3.71. The van der Waals surface area contributed by atoms with E-state index in [9.17, 15) is 0 Å². The summed E-state index contributed by atoms with van der Waals surface area (Å²) in [5.41, 5.74) is 0. The normalized spacial score (nSPS) is 15.3. The second kappa shape index (κ2) is 3.88. The molecule has 0 saturated heterocycles. The fourth-order valence-electron chi connectivity index (χ4n) is 0.389. The van der Waals surface area contributed by atoms with Crippen LogP contribution in [0.2, 0.25) is 0 Å². The molecule has 1 heteroatoms. The Morgan fingerprint density at radius 3 is 2.43 bits per heavy atom. The molecule has 0 aromatic carbocycles. The third-order valence-electron chi connectivity index (χ3n) is 0.809. The van der Waals surface area contributed by atoms with Gasteiger partial charge in [0.25, 0.3) is 0 Å². The predicted octanol–water partition coefficient (Wildman–Crippen LogP) is 1.19. The molecule has 0 aromatic rings. The fraction of sp³-hybridized carbons (Fsp3) is 0.667. The minimum atomic E-state index is 0.254. The largest absolute Gasteiger partial charge is 0.396 e. The maximum Gasteiger partial charge on any atom is 0.0491 e. The summed E-state index contributed by atoms with van der Waals surface area (Å²) in [4.78, 5) is 0. The van der Waals surface area contributed by atoms with Gasteiger partial charge in [0, 0.05) is 6.61 Å². The van der Waals surface area contributed by atoms with Gasteiger partial charge in [-0.15, -0.1) is 0 Å². The number of aliphatic hydroxyl groups excluding tert-OH is 1. The van der Waals surface area contributed by atoms with Crippen molar-refractivity contribution in [2.45, 2.75) is 13.8 Å². The molecule has 0 saturated carbocycles. The monoisotopic (exact) mass is 100 g/mol. The summed E-state index contributed by atoms with van der Waals surface area (Å²) in [5.74, 6) is 0.324. The molecule has 0 heterocycles. The standard InChI is InChI=1S/C6H12O/c1-3-4-6(2)5-7/h3-4,6-7H,5H2,1-2H3/b4-3+. The van der Waals surface area contributed by atoms with E-state index < -0.39 is 0 Å². The Morgan fingerprint density at radius 1 is 1.71 bits per heavy atom. The Labute approximate surface area is 44.7 Å². The average Bonchev–Trinajstić information content (AvgIpc) is 1.68. The smallest absolute Gasteiger partial charge is 0.0491 e. The molecular weight excluding hydrogens is 88.1 g/mol. The average molecular weight is 100 g/mol. The van der Waals surface area contributed by atoms with Crippen LogP contribution in [0.3, 0.4) is 0 Å². The summed E-state index contributed by atoms with van der Waals surface area (Å²) >= 11 is 0. The van der Waals surface area contributed by atoms with Crippen LogP contribution in [-0.2, 0) is 0 Å². The SMILES string of the molecule is C/C=C/C(C)CO. The van der Waals surface area contributed by atoms with Crippen molar-refractivity contribution in [1.82, 2.24) is 0 Å². The molecule has 42 valence electrons. The van der Waals surface area contributed by atoms with Gasteiger partial charge < -0.3 is 5.11 Å². The van der Waals surface area contributed by atoms with Crippen molar-refractivity contribution in [3.63, 3.8) is 0 Å². The van der Waals surface area contributed by atoms with Crippen molar-refractivity contribution in [3.05, 3.63) is 12.2 Å². The topological polar surface area (TPSA) is 20.2 Å². The quantitative estimate of drug-likeness (QED) is 0.517. The van der Waals surface area contributed by atoms with Gasteiger partial charge in [0.05, 0.1) is 0 Å². The maximum atomic E-state index is 8.41. The molecule has 0 amide bonds. The van der Waals surface area contributed by atoms with Gasteiger partial charge in [-0.05, 0) is 12.8 Å². The summed E-state index contributed by atoms with van der Waals surface area (Å²) in [5, 5.41) is 8.41. The van der Waals surface area contributed by atoms with Gasteiger partial charge >= 0.3 is 0 Å². The van der Waals surface area contributed by atoms with Crippen LogP contribution in [0.5, 0.6) is 0 Å². The van der Waals surface area contributed by atoms with Gasteiger partial charge in [0.15, 0.2) is 0 Å². The van der Waals surface area contributed by atoms with Crippen LogP contribution in [-0.4, -0.2) is 11.7 Å². The lowest BCUT2D eigenvalue weighted by molar-refractivity contribution is 0.262. The third-order valence-corrected chi connectivity index (χ3v) is 0.809. The van der Waals surface area contributed by atoms with E-state index in [0.29, 0.717) is 5.92 Å². The number of hydrogen-bond donors (Lipinski definition) is 1. The molecule has 0 aliphatic carbocycles. The zero-order valence-corrected chi connectivity index (χ0v) is 4.89. The first-order chi connectivity index (χ1) is 3.31. The maximum absolute atomic E-state index is 8.41. The minimum Gasteiger partial charge on any atom is -0.396 e. The molecule has 0 spiro atoms. The third kappa shape index (κ3) is 3.53. The summed E-state index contributed by atoms with van der Waals surface area (Å²) < 4.78 is 0. The van der Waals surface area contributed by atoms with Crippen molar-refractivity contribution in [1.29, 1.82) is 0 Å². The lowest BCUT2D eigenvalue weighted by atomic mass is 10.2. The van der Waals surface area contributed by atoms with E-state index in [4.69, 9.17) is 5.11 Å². The van der Waals surface area contributed by atoms with Crippen LogP contribution in [0.1, 0.15) is 13.8 Å². The van der Waals surface area contributed by atoms with E-state index in [1.165, 1.54) is 0 Å². The Hall–Kier alpha value is -0.300. The molecular formula is C6H12O. The zero-order chi connectivity index (χ0) is 5.70.